The largest absolute Gasteiger partial charge is 0.383 e. The topological polar surface area (TPSA) is 36.3 Å². The molecule has 0 aliphatic carbocycles. The van der Waals surface area contributed by atoms with Crippen molar-refractivity contribution in [1.29, 1.82) is 0 Å². The van der Waals surface area contributed by atoms with Crippen LogP contribution in [0.1, 0.15) is 12.8 Å². The van der Waals surface area contributed by atoms with Gasteiger partial charge in [-0.25, -0.2) is 0 Å². The lowest BCUT2D eigenvalue weighted by Gasteiger charge is -2.29. The molecule has 1 aliphatic heterocycles. The Hall–Kier alpha value is -0.120. The minimum atomic E-state index is 0.189. The summed E-state index contributed by atoms with van der Waals surface area (Å²) in [5, 5.41) is 0. The monoisotopic (exact) mass is 157 g/mol. The summed E-state index contributed by atoms with van der Waals surface area (Å²) in [5.74, 6) is 0. The Morgan fingerprint density at radius 1 is 1.45 bits per heavy atom. The lowest BCUT2D eigenvalue weighted by atomic mass is 10.1. The first-order valence-electron chi connectivity index (χ1n) is 4.25. The molecular formula is C8H17N2O. The van der Waals surface area contributed by atoms with E-state index in [1.54, 1.807) is 7.11 Å². The summed E-state index contributed by atoms with van der Waals surface area (Å²) in [6, 6.07) is 0.189. The van der Waals surface area contributed by atoms with Crippen molar-refractivity contribution < 1.29 is 4.74 Å². The van der Waals surface area contributed by atoms with E-state index in [0.717, 1.165) is 39.1 Å². The third-order valence-electron chi connectivity index (χ3n) is 2.20. The first-order valence-corrected chi connectivity index (χ1v) is 4.25. The van der Waals surface area contributed by atoms with Gasteiger partial charge in [-0.15, -0.1) is 0 Å². The molecule has 0 bridgehead atoms. The van der Waals surface area contributed by atoms with Gasteiger partial charge < -0.3 is 9.64 Å². The van der Waals surface area contributed by atoms with Crippen LogP contribution in [0.2, 0.25) is 0 Å². The first kappa shape index (κ1) is 8.97. The molecule has 1 saturated heterocycles. The average molecular weight is 157 g/mol. The van der Waals surface area contributed by atoms with Crippen molar-refractivity contribution in [2.45, 2.75) is 18.9 Å². The molecule has 0 spiro atoms. The summed E-state index contributed by atoms with van der Waals surface area (Å²) in [7, 11) is 1.73. The van der Waals surface area contributed by atoms with Gasteiger partial charge in [0.05, 0.1) is 6.61 Å². The quantitative estimate of drug-likeness (QED) is 0.594. The van der Waals surface area contributed by atoms with E-state index in [4.69, 9.17) is 10.5 Å². The van der Waals surface area contributed by atoms with Gasteiger partial charge in [-0.2, -0.15) is 0 Å². The molecule has 0 atom stereocenters. The minimum absolute atomic E-state index is 0.189. The Labute approximate surface area is 68.5 Å². The maximum atomic E-state index is 7.48. The van der Waals surface area contributed by atoms with Crippen molar-refractivity contribution in [2.24, 2.45) is 0 Å². The summed E-state index contributed by atoms with van der Waals surface area (Å²) in [6.07, 6.45) is 2.06. The predicted octanol–water partition coefficient (Wildman–Crippen LogP) is 0.380. The minimum Gasteiger partial charge on any atom is -0.383 e. The van der Waals surface area contributed by atoms with E-state index in [1.807, 2.05) is 0 Å². The van der Waals surface area contributed by atoms with Crippen LogP contribution in [-0.4, -0.2) is 44.3 Å². The standard InChI is InChI=1S/C8H17N2O/c1-11-7-6-10-4-2-8(9)3-5-10/h8-9H,2-7H2,1H3. The summed E-state index contributed by atoms with van der Waals surface area (Å²) in [5.41, 5.74) is 7.48. The molecule has 1 radical (unpaired) electrons. The van der Waals surface area contributed by atoms with Gasteiger partial charge in [0.25, 0.3) is 0 Å². The number of nitrogens with zero attached hydrogens (tertiary/aromatic N) is 1. The van der Waals surface area contributed by atoms with E-state index in [-0.39, 0.29) is 6.04 Å². The van der Waals surface area contributed by atoms with Crippen LogP contribution in [0.25, 0.3) is 0 Å². The molecule has 3 heteroatoms. The molecule has 0 amide bonds. The van der Waals surface area contributed by atoms with Gasteiger partial charge in [0, 0.05) is 19.7 Å². The van der Waals surface area contributed by atoms with Crippen molar-refractivity contribution >= 4 is 0 Å². The Bertz CT molecular complexity index is 97.5. The van der Waals surface area contributed by atoms with E-state index in [1.165, 1.54) is 0 Å². The predicted molar refractivity (Wildman–Crippen MR) is 44.4 cm³/mol. The molecule has 11 heavy (non-hydrogen) atoms. The van der Waals surface area contributed by atoms with E-state index in [9.17, 15) is 0 Å². The van der Waals surface area contributed by atoms with E-state index >= 15 is 0 Å². The molecule has 0 aromatic heterocycles. The zero-order valence-electron chi connectivity index (χ0n) is 7.18. The lowest BCUT2D eigenvalue weighted by molar-refractivity contribution is 0.130. The Balaban J connectivity index is 2.07. The van der Waals surface area contributed by atoms with E-state index < -0.39 is 0 Å². The Morgan fingerprint density at radius 3 is 2.64 bits per heavy atom. The SMILES string of the molecule is COCCN1CCC([NH])CC1. The zero-order chi connectivity index (χ0) is 8.10. The number of methoxy groups -OCH3 is 1. The smallest absolute Gasteiger partial charge is 0.0589 e. The van der Waals surface area contributed by atoms with Crippen LogP contribution in [0, 0.1) is 0 Å². The molecule has 0 aromatic carbocycles. The van der Waals surface area contributed by atoms with Crippen molar-refractivity contribution in [1.82, 2.24) is 10.6 Å². The first-order chi connectivity index (χ1) is 5.33. The third kappa shape index (κ3) is 3.18. The Morgan fingerprint density at radius 2 is 2.09 bits per heavy atom. The van der Waals surface area contributed by atoms with Crippen LogP contribution in [0.3, 0.4) is 0 Å². The molecule has 0 aromatic rings. The molecular weight excluding hydrogens is 140 g/mol. The molecule has 1 N–H and O–H groups in total. The molecule has 0 saturated carbocycles. The second-order valence-corrected chi connectivity index (χ2v) is 3.11. The number of rotatable bonds is 3. The van der Waals surface area contributed by atoms with Crippen molar-refractivity contribution in [3.05, 3.63) is 0 Å². The van der Waals surface area contributed by atoms with Gasteiger partial charge >= 0.3 is 0 Å². The zero-order valence-corrected chi connectivity index (χ0v) is 7.18. The fourth-order valence-corrected chi connectivity index (χ4v) is 1.38. The van der Waals surface area contributed by atoms with Crippen LogP contribution >= 0.6 is 0 Å². The highest BCUT2D eigenvalue weighted by Crippen LogP contribution is 2.08. The molecule has 1 rings (SSSR count). The van der Waals surface area contributed by atoms with Gasteiger partial charge in [0.15, 0.2) is 0 Å². The van der Waals surface area contributed by atoms with Crippen molar-refractivity contribution in [3.8, 4) is 0 Å². The Kier molecular flexibility index (Phi) is 3.83. The van der Waals surface area contributed by atoms with Gasteiger partial charge in [-0.3, -0.25) is 5.73 Å². The van der Waals surface area contributed by atoms with Gasteiger partial charge in [0.1, 0.15) is 0 Å². The maximum Gasteiger partial charge on any atom is 0.0589 e. The highest BCUT2D eigenvalue weighted by Gasteiger charge is 2.15. The van der Waals surface area contributed by atoms with Crippen molar-refractivity contribution in [3.63, 3.8) is 0 Å². The average Bonchev–Trinajstić information content (AvgIpc) is 2.04. The van der Waals surface area contributed by atoms with Crippen molar-refractivity contribution in [2.75, 3.05) is 33.4 Å². The fraction of sp³-hybridized carbons (Fsp3) is 1.00. The summed E-state index contributed by atoms with van der Waals surface area (Å²) in [6.45, 7) is 4.01. The highest BCUT2D eigenvalue weighted by molar-refractivity contribution is 4.72. The van der Waals surface area contributed by atoms with Gasteiger partial charge in [-0.05, 0) is 25.9 Å². The van der Waals surface area contributed by atoms with Crippen LogP contribution in [0.4, 0.5) is 0 Å². The third-order valence-corrected chi connectivity index (χ3v) is 2.20. The number of nitrogens with one attached hydrogen (secondary N) is 1. The molecule has 0 unspecified atom stereocenters. The second kappa shape index (κ2) is 4.70. The number of hydrogen-bond acceptors (Lipinski definition) is 2. The molecule has 3 nitrogen and oxygen atoms in total. The fourth-order valence-electron chi connectivity index (χ4n) is 1.38. The highest BCUT2D eigenvalue weighted by atomic mass is 16.5. The van der Waals surface area contributed by atoms with Crippen LogP contribution in [-0.2, 0) is 4.74 Å². The summed E-state index contributed by atoms with van der Waals surface area (Å²) in [4.78, 5) is 2.37. The second-order valence-electron chi connectivity index (χ2n) is 3.11. The molecule has 1 fully saturated rings. The van der Waals surface area contributed by atoms with Crippen LogP contribution in [0.15, 0.2) is 0 Å². The van der Waals surface area contributed by atoms with Gasteiger partial charge in [-0.1, -0.05) is 0 Å². The number of likely N-dealkylation sites (tertiary alicyclic amines) is 1. The lowest BCUT2D eigenvalue weighted by Crippen LogP contribution is -2.38. The van der Waals surface area contributed by atoms with Crippen LogP contribution in [0.5, 0.6) is 0 Å². The number of ether oxygens (including phenoxy) is 1. The van der Waals surface area contributed by atoms with E-state index in [0.29, 0.717) is 0 Å². The molecule has 1 heterocycles. The van der Waals surface area contributed by atoms with E-state index in [2.05, 4.69) is 4.90 Å². The van der Waals surface area contributed by atoms with Crippen LogP contribution < -0.4 is 5.73 Å². The number of piperidine rings is 1. The number of hydrogen-bond donors (Lipinski definition) is 0. The molecule has 65 valence electrons. The van der Waals surface area contributed by atoms with Gasteiger partial charge in [0.2, 0.25) is 0 Å². The summed E-state index contributed by atoms with van der Waals surface area (Å²) >= 11 is 0. The molecule has 1 aliphatic rings. The summed E-state index contributed by atoms with van der Waals surface area (Å²) < 4.78 is 4.98. The maximum absolute atomic E-state index is 7.48. The normalized spacial score (nSPS) is 22.4.